The molecule has 15 heavy (non-hydrogen) atoms. The van der Waals surface area contributed by atoms with Gasteiger partial charge in [-0.2, -0.15) is 0 Å². The van der Waals surface area contributed by atoms with Crippen LogP contribution in [0.5, 0.6) is 0 Å². The summed E-state index contributed by atoms with van der Waals surface area (Å²) in [4.78, 5) is 18.2. The second-order valence-electron chi connectivity index (χ2n) is 4.06. The molecule has 0 aliphatic heterocycles. The van der Waals surface area contributed by atoms with E-state index < -0.39 is 18.8 Å². The molecule has 5 heteroatoms. The van der Waals surface area contributed by atoms with E-state index in [1.165, 1.54) is 0 Å². The predicted octanol–water partition coefficient (Wildman–Crippen LogP) is 1.18. The summed E-state index contributed by atoms with van der Waals surface area (Å²) in [5.74, 6) is -1.08. The second-order valence-corrected chi connectivity index (χ2v) is 5.79. The summed E-state index contributed by atoms with van der Waals surface area (Å²) in [7, 11) is -4.20. The lowest BCUT2D eigenvalue weighted by atomic mass is 9.96. The molecular formula is C10H14NO3P. The van der Waals surface area contributed by atoms with Crippen LogP contribution in [0.1, 0.15) is 18.4 Å². The van der Waals surface area contributed by atoms with E-state index in [1.54, 1.807) is 0 Å². The first-order valence-corrected chi connectivity index (χ1v) is 6.51. The standard InChI is InChI=1S/C10H14NO3P/c11-9(15(12,13)14)10(6-7-10)8-4-2-1-3-5-8/h1-5,9H,6-7,11H2,(H2,12,13,14)/t9-/m1/s1. The number of rotatable bonds is 3. The van der Waals surface area contributed by atoms with Crippen molar-refractivity contribution in [3.05, 3.63) is 35.9 Å². The number of hydrogen-bond acceptors (Lipinski definition) is 2. The normalized spacial score (nSPS) is 21.0. The van der Waals surface area contributed by atoms with Crippen molar-refractivity contribution in [3.8, 4) is 0 Å². The first-order chi connectivity index (χ1) is 6.97. The SMILES string of the molecule is N[C@@H](C1(c2ccccc2)CC1)P(=O)(O)O. The average Bonchev–Trinajstić information content (AvgIpc) is 2.97. The first kappa shape index (κ1) is 10.8. The van der Waals surface area contributed by atoms with Gasteiger partial charge in [-0.15, -0.1) is 0 Å². The number of nitrogens with two attached hydrogens (primary N) is 1. The van der Waals surface area contributed by atoms with Crippen molar-refractivity contribution in [1.29, 1.82) is 0 Å². The fourth-order valence-corrected chi connectivity index (χ4v) is 3.03. The fourth-order valence-electron chi connectivity index (χ4n) is 1.98. The Bertz CT molecular complexity index is 396. The van der Waals surface area contributed by atoms with Crippen molar-refractivity contribution in [2.24, 2.45) is 5.73 Å². The average molecular weight is 227 g/mol. The molecule has 0 saturated heterocycles. The molecule has 1 fully saturated rings. The fraction of sp³-hybridized carbons (Fsp3) is 0.400. The molecule has 0 heterocycles. The summed E-state index contributed by atoms with van der Waals surface area (Å²) in [6, 6.07) is 9.36. The minimum Gasteiger partial charge on any atom is -0.323 e. The summed E-state index contributed by atoms with van der Waals surface area (Å²) < 4.78 is 11.2. The maximum atomic E-state index is 11.2. The third-order valence-corrected chi connectivity index (χ3v) is 4.28. The molecule has 4 N–H and O–H groups in total. The summed E-state index contributed by atoms with van der Waals surface area (Å²) in [6.45, 7) is 0. The lowest BCUT2D eigenvalue weighted by molar-refractivity contribution is 0.346. The van der Waals surface area contributed by atoms with Crippen LogP contribution in [0.25, 0.3) is 0 Å². The Labute approximate surface area is 88.3 Å². The van der Waals surface area contributed by atoms with Gasteiger partial charge in [-0.25, -0.2) is 0 Å². The van der Waals surface area contributed by atoms with Crippen LogP contribution in [0.4, 0.5) is 0 Å². The Hall–Kier alpha value is -0.670. The molecule has 1 aromatic carbocycles. The Balaban J connectivity index is 2.33. The van der Waals surface area contributed by atoms with Gasteiger partial charge in [0.1, 0.15) is 5.78 Å². The van der Waals surface area contributed by atoms with E-state index >= 15 is 0 Å². The molecule has 4 nitrogen and oxygen atoms in total. The van der Waals surface area contributed by atoms with E-state index in [4.69, 9.17) is 15.5 Å². The number of hydrogen-bond donors (Lipinski definition) is 3. The predicted molar refractivity (Wildman–Crippen MR) is 57.4 cm³/mol. The smallest absolute Gasteiger partial charge is 0.323 e. The van der Waals surface area contributed by atoms with Gasteiger partial charge in [-0.1, -0.05) is 30.3 Å². The van der Waals surface area contributed by atoms with Crippen molar-refractivity contribution in [1.82, 2.24) is 0 Å². The third-order valence-electron chi connectivity index (χ3n) is 3.07. The monoisotopic (exact) mass is 227 g/mol. The lowest BCUT2D eigenvalue weighted by Crippen LogP contribution is -2.34. The maximum absolute atomic E-state index is 11.2. The van der Waals surface area contributed by atoms with Crippen molar-refractivity contribution in [2.45, 2.75) is 24.0 Å². The largest absolute Gasteiger partial charge is 0.343 e. The van der Waals surface area contributed by atoms with Crippen LogP contribution in [0.15, 0.2) is 30.3 Å². The van der Waals surface area contributed by atoms with Gasteiger partial charge in [0.05, 0.1) is 0 Å². The quantitative estimate of drug-likeness (QED) is 0.677. The highest BCUT2D eigenvalue weighted by atomic mass is 31.2. The van der Waals surface area contributed by atoms with Gasteiger partial charge in [0.25, 0.3) is 0 Å². The van der Waals surface area contributed by atoms with Gasteiger partial charge in [0, 0.05) is 5.41 Å². The zero-order valence-corrected chi connectivity index (χ0v) is 9.10. The molecule has 0 bridgehead atoms. The van der Waals surface area contributed by atoms with Crippen LogP contribution in [-0.4, -0.2) is 15.6 Å². The summed E-state index contributed by atoms with van der Waals surface area (Å²) in [6.07, 6.45) is 1.51. The lowest BCUT2D eigenvalue weighted by Gasteiger charge is -2.24. The van der Waals surface area contributed by atoms with Crippen molar-refractivity contribution < 1.29 is 14.4 Å². The van der Waals surface area contributed by atoms with E-state index in [-0.39, 0.29) is 0 Å². The van der Waals surface area contributed by atoms with Gasteiger partial charge < -0.3 is 15.5 Å². The van der Waals surface area contributed by atoms with E-state index in [0.29, 0.717) is 0 Å². The zero-order valence-electron chi connectivity index (χ0n) is 8.21. The van der Waals surface area contributed by atoms with E-state index in [0.717, 1.165) is 18.4 Å². The van der Waals surface area contributed by atoms with Crippen molar-refractivity contribution in [2.75, 3.05) is 0 Å². The second kappa shape index (κ2) is 3.42. The van der Waals surface area contributed by atoms with Gasteiger partial charge in [0.2, 0.25) is 0 Å². The van der Waals surface area contributed by atoms with Crippen LogP contribution < -0.4 is 5.73 Å². The van der Waals surface area contributed by atoms with Crippen LogP contribution in [0.3, 0.4) is 0 Å². The molecule has 1 atom stereocenters. The molecule has 82 valence electrons. The van der Waals surface area contributed by atoms with Crippen molar-refractivity contribution in [3.63, 3.8) is 0 Å². The number of benzene rings is 1. The third kappa shape index (κ3) is 1.86. The van der Waals surface area contributed by atoms with E-state index in [1.807, 2.05) is 30.3 Å². The van der Waals surface area contributed by atoms with Crippen LogP contribution in [-0.2, 0) is 9.98 Å². The molecule has 1 aromatic rings. The maximum Gasteiger partial charge on any atom is 0.343 e. The molecule has 1 aliphatic carbocycles. The molecule has 1 saturated carbocycles. The molecule has 0 unspecified atom stereocenters. The van der Waals surface area contributed by atoms with Crippen LogP contribution in [0, 0.1) is 0 Å². The highest BCUT2D eigenvalue weighted by Crippen LogP contribution is 2.59. The van der Waals surface area contributed by atoms with E-state index in [2.05, 4.69) is 0 Å². The molecule has 0 aromatic heterocycles. The van der Waals surface area contributed by atoms with Gasteiger partial charge >= 0.3 is 7.60 Å². The Morgan fingerprint density at radius 3 is 2.20 bits per heavy atom. The zero-order chi connectivity index (χ0) is 11.1. The van der Waals surface area contributed by atoms with E-state index in [9.17, 15) is 4.57 Å². The summed E-state index contributed by atoms with van der Waals surface area (Å²) in [5.41, 5.74) is 6.09. The van der Waals surface area contributed by atoms with Crippen LogP contribution in [0.2, 0.25) is 0 Å². The molecule has 0 radical (unpaired) electrons. The Kier molecular flexibility index (Phi) is 2.47. The minimum absolute atomic E-state index is 0.500. The molecule has 1 aliphatic rings. The Morgan fingerprint density at radius 1 is 1.27 bits per heavy atom. The summed E-state index contributed by atoms with van der Waals surface area (Å²) in [5, 5.41) is 0. The van der Waals surface area contributed by atoms with Gasteiger partial charge in [0.15, 0.2) is 0 Å². The Morgan fingerprint density at radius 2 is 1.80 bits per heavy atom. The molecule has 2 rings (SSSR count). The molecule has 0 amide bonds. The highest BCUT2D eigenvalue weighted by molar-refractivity contribution is 7.52. The molecular weight excluding hydrogens is 213 g/mol. The van der Waals surface area contributed by atoms with Crippen molar-refractivity contribution >= 4 is 7.60 Å². The molecule has 0 spiro atoms. The topological polar surface area (TPSA) is 83.6 Å². The van der Waals surface area contributed by atoms with Gasteiger partial charge in [-0.3, -0.25) is 4.57 Å². The first-order valence-electron chi connectivity index (χ1n) is 4.83. The van der Waals surface area contributed by atoms with Gasteiger partial charge in [-0.05, 0) is 18.4 Å². The highest BCUT2D eigenvalue weighted by Gasteiger charge is 2.55. The minimum atomic E-state index is -4.20. The summed E-state index contributed by atoms with van der Waals surface area (Å²) >= 11 is 0. The van der Waals surface area contributed by atoms with Crippen LogP contribution >= 0.6 is 7.60 Å².